The van der Waals surface area contributed by atoms with Gasteiger partial charge in [-0.15, -0.1) is 0 Å². The molecule has 0 bridgehead atoms. The lowest BCUT2D eigenvalue weighted by atomic mass is 10.1. The number of aromatic nitrogens is 1. The van der Waals surface area contributed by atoms with E-state index in [4.69, 9.17) is 0 Å². The fourth-order valence-corrected chi connectivity index (χ4v) is 2.93. The van der Waals surface area contributed by atoms with Crippen molar-refractivity contribution in [1.82, 2.24) is 10.3 Å². The van der Waals surface area contributed by atoms with E-state index in [0.29, 0.717) is 6.04 Å². The highest BCUT2D eigenvalue weighted by atomic mass is 79.9. The van der Waals surface area contributed by atoms with Gasteiger partial charge in [-0.1, -0.05) is 41.1 Å². The molecule has 0 spiro atoms. The lowest BCUT2D eigenvalue weighted by Crippen LogP contribution is -2.28. The van der Waals surface area contributed by atoms with E-state index in [2.05, 4.69) is 64.3 Å². The maximum Gasteiger partial charge on any atom is 0.0708 e. The van der Waals surface area contributed by atoms with Crippen molar-refractivity contribution in [1.29, 1.82) is 0 Å². The average molecular weight is 321 g/mol. The molecule has 0 saturated carbocycles. The number of benzene rings is 1. The molecule has 0 amide bonds. The molecule has 1 heterocycles. The third kappa shape index (κ3) is 3.77. The largest absolute Gasteiger partial charge is 0.310 e. The Bertz CT molecular complexity index is 539. The summed E-state index contributed by atoms with van der Waals surface area (Å²) in [6, 6.07) is 11.1. The molecule has 0 aliphatic carbocycles. The summed E-state index contributed by atoms with van der Waals surface area (Å²) in [6.07, 6.45) is 2.33. The van der Waals surface area contributed by atoms with Crippen LogP contribution in [-0.4, -0.2) is 16.4 Å². The number of para-hydroxylation sites is 1. The van der Waals surface area contributed by atoms with Crippen molar-refractivity contribution in [2.24, 2.45) is 0 Å². The third-order valence-corrected chi connectivity index (χ3v) is 3.92. The standard InChI is InChI=1S/C16H21BrN2/c1-3-14(8-9-17)18-11-13-10-12(2)19-16-7-5-4-6-15(13)16/h4-7,10,14,18H,3,8-9,11H2,1-2H3. The monoisotopic (exact) mass is 320 g/mol. The fourth-order valence-electron chi connectivity index (χ4n) is 2.38. The van der Waals surface area contributed by atoms with Crippen LogP contribution in [0.25, 0.3) is 10.9 Å². The van der Waals surface area contributed by atoms with Crippen molar-refractivity contribution in [2.45, 2.75) is 39.3 Å². The molecule has 0 aliphatic heterocycles. The Morgan fingerprint density at radius 2 is 2.11 bits per heavy atom. The number of hydrogen-bond acceptors (Lipinski definition) is 2. The molecule has 1 N–H and O–H groups in total. The molecule has 1 atom stereocenters. The minimum Gasteiger partial charge on any atom is -0.310 e. The van der Waals surface area contributed by atoms with E-state index in [0.717, 1.165) is 29.5 Å². The van der Waals surface area contributed by atoms with Gasteiger partial charge >= 0.3 is 0 Å². The number of aryl methyl sites for hydroxylation is 1. The van der Waals surface area contributed by atoms with E-state index in [9.17, 15) is 0 Å². The van der Waals surface area contributed by atoms with Gasteiger partial charge in [0.15, 0.2) is 0 Å². The quantitative estimate of drug-likeness (QED) is 0.807. The highest BCUT2D eigenvalue weighted by molar-refractivity contribution is 9.09. The lowest BCUT2D eigenvalue weighted by molar-refractivity contribution is 0.489. The smallest absolute Gasteiger partial charge is 0.0708 e. The Labute approximate surface area is 123 Å². The van der Waals surface area contributed by atoms with Crippen molar-refractivity contribution >= 4 is 26.8 Å². The normalized spacial score (nSPS) is 12.8. The first-order chi connectivity index (χ1) is 9.24. The maximum atomic E-state index is 4.58. The number of alkyl halides is 1. The molecular formula is C16H21BrN2. The number of rotatable bonds is 6. The van der Waals surface area contributed by atoms with Crippen LogP contribution in [0.5, 0.6) is 0 Å². The SMILES string of the molecule is CCC(CCBr)NCc1cc(C)nc2ccccc12. The van der Waals surface area contributed by atoms with Crippen LogP contribution in [0.2, 0.25) is 0 Å². The van der Waals surface area contributed by atoms with Crippen molar-refractivity contribution in [2.75, 3.05) is 5.33 Å². The third-order valence-electron chi connectivity index (χ3n) is 3.46. The summed E-state index contributed by atoms with van der Waals surface area (Å²) in [5.41, 5.74) is 3.52. The van der Waals surface area contributed by atoms with Crippen LogP contribution in [0.1, 0.15) is 31.0 Å². The van der Waals surface area contributed by atoms with E-state index >= 15 is 0 Å². The Balaban J connectivity index is 2.20. The predicted molar refractivity (Wildman–Crippen MR) is 85.8 cm³/mol. The molecule has 0 aliphatic rings. The van der Waals surface area contributed by atoms with Crippen molar-refractivity contribution in [3.63, 3.8) is 0 Å². The first kappa shape index (κ1) is 14.5. The molecule has 1 aromatic carbocycles. The van der Waals surface area contributed by atoms with Gasteiger partial charge < -0.3 is 5.32 Å². The van der Waals surface area contributed by atoms with Crippen molar-refractivity contribution < 1.29 is 0 Å². The maximum absolute atomic E-state index is 4.58. The molecule has 3 heteroatoms. The summed E-state index contributed by atoms with van der Waals surface area (Å²) in [7, 11) is 0. The number of nitrogens with zero attached hydrogens (tertiary/aromatic N) is 1. The number of fused-ring (bicyclic) bond motifs is 1. The van der Waals surface area contributed by atoms with Crippen LogP contribution in [0.4, 0.5) is 0 Å². The highest BCUT2D eigenvalue weighted by Crippen LogP contribution is 2.18. The van der Waals surface area contributed by atoms with Crippen LogP contribution in [0.15, 0.2) is 30.3 Å². The second-order valence-electron chi connectivity index (χ2n) is 4.90. The summed E-state index contributed by atoms with van der Waals surface area (Å²) in [5, 5.41) is 5.96. The van der Waals surface area contributed by atoms with Crippen LogP contribution < -0.4 is 5.32 Å². The van der Waals surface area contributed by atoms with E-state index in [-0.39, 0.29) is 0 Å². The molecule has 2 nitrogen and oxygen atoms in total. The number of pyridine rings is 1. The predicted octanol–water partition coefficient (Wildman–Crippen LogP) is 4.20. The van der Waals surface area contributed by atoms with Gasteiger partial charge in [-0.3, -0.25) is 4.98 Å². The summed E-state index contributed by atoms with van der Waals surface area (Å²) in [4.78, 5) is 4.58. The molecule has 0 saturated heterocycles. The van der Waals surface area contributed by atoms with E-state index in [1.807, 2.05) is 6.07 Å². The summed E-state index contributed by atoms with van der Waals surface area (Å²) in [6.45, 7) is 5.21. The second-order valence-corrected chi connectivity index (χ2v) is 5.70. The Hall–Kier alpha value is -0.930. The Morgan fingerprint density at radius 3 is 2.84 bits per heavy atom. The highest BCUT2D eigenvalue weighted by Gasteiger charge is 2.07. The van der Waals surface area contributed by atoms with Gasteiger partial charge in [0.1, 0.15) is 0 Å². The van der Waals surface area contributed by atoms with Gasteiger partial charge in [-0.2, -0.15) is 0 Å². The summed E-state index contributed by atoms with van der Waals surface area (Å²) >= 11 is 3.52. The zero-order chi connectivity index (χ0) is 13.7. The Morgan fingerprint density at radius 1 is 1.32 bits per heavy atom. The zero-order valence-electron chi connectivity index (χ0n) is 11.6. The Kier molecular flexibility index (Phi) is 5.34. The lowest BCUT2D eigenvalue weighted by Gasteiger charge is -2.16. The number of halogens is 1. The molecule has 0 radical (unpaired) electrons. The van der Waals surface area contributed by atoms with Crippen LogP contribution in [-0.2, 0) is 6.54 Å². The van der Waals surface area contributed by atoms with Gasteiger partial charge in [-0.05, 0) is 37.5 Å². The average Bonchev–Trinajstić information content (AvgIpc) is 2.43. The van der Waals surface area contributed by atoms with E-state index in [1.54, 1.807) is 0 Å². The van der Waals surface area contributed by atoms with Crippen LogP contribution in [0, 0.1) is 6.92 Å². The van der Waals surface area contributed by atoms with Crippen LogP contribution >= 0.6 is 15.9 Å². The molecule has 1 unspecified atom stereocenters. The van der Waals surface area contributed by atoms with Gasteiger partial charge in [0.2, 0.25) is 0 Å². The molecule has 2 rings (SSSR count). The first-order valence-electron chi connectivity index (χ1n) is 6.89. The van der Waals surface area contributed by atoms with Gasteiger partial charge in [0.25, 0.3) is 0 Å². The zero-order valence-corrected chi connectivity index (χ0v) is 13.2. The van der Waals surface area contributed by atoms with Crippen LogP contribution in [0.3, 0.4) is 0 Å². The molecule has 1 aromatic heterocycles. The van der Waals surface area contributed by atoms with Crippen molar-refractivity contribution in [3.05, 3.63) is 41.6 Å². The molecule has 102 valence electrons. The molecule has 0 fully saturated rings. The topological polar surface area (TPSA) is 24.9 Å². The second kappa shape index (κ2) is 7.01. The number of hydrogen-bond donors (Lipinski definition) is 1. The number of nitrogens with one attached hydrogen (secondary N) is 1. The minimum absolute atomic E-state index is 0.576. The molecule has 2 aromatic rings. The summed E-state index contributed by atoms with van der Waals surface area (Å²) < 4.78 is 0. The first-order valence-corrected chi connectivity index (χ1v) is 8.01. The molecular weight excluding hydrogens is 300 g/mol. The van der Waals surface area contributed by atoms with E-state index < -0.39 is 0 Å². The van der Waals surface area contributed by atoms with E-state index in [1.165, 1.54) is 17.4 Å². The van der Waals surface area contributed by atoms with Gasteiger partial charge in [0.05, 0.1) is 5.52 Å². The molecule has 19 heavy (non-hydrogen) atoms. The minimum atomic E-state index is 0.576. The summed E-state index contributed by atoms with van der Waals surface area (Å²) in [5.74, 6) is 0. The fraction of sp³-hybridized carbons (Fsp3) is 0.438. The van der Waals surface area contributed by atoms with Gasteiger partial charge in [0, 0.05) is 29.0 Å². The van der Waals surface area contributed by atoms with Crippen molar-refractivity contribution in [3.8, 4) is 0 Å². The van der Waals surface area contributed by atoms with Gasteiger partial charge in [-0.25, -0.2) is 0 Å².